The first kappa shape index (κ1) is 17.8. The number of benzene rings is 1. The third-order valence-corrected chi connectivity index (χ3v) is 5.51. The molecular formula is C16H16ClN5OS2. The molecule has 0 saturated heterocycles. The molecule has 1 amide bonds. The minimum atomic E-state index is -0.152. The van der Waals surface area contributed by atoms with Crippen molar-refractivity contribution in [1.29, 1.82) is 0 Å². The summed E-state index contributed by atoms with van der Waals surface area (Å²) in [6.45, 7) is 4.69. The fraction of sp³-hybridized carbons (Fsp3) is 0.250. The van der Waals surface area contributed by atoms with Gasteiger partial charge in [0.15, 0.2) is 4.77 Å². The van der Waals surface area contributed by atoms with Crippen LogP contribution < -0.4 is 5.32 Å². The highest BCUT2D eigenvalue weighted by atomic mass is 35.5. The number of aromatic nitrogens is 4. The highest BCUT2D eigenvalue weighted by Gasteiger charge is 2.17. The molecule has 2 heterocycles. The van der Waals surface area contributed by atoms with Crippen molar-refractivity contribution < 1.29 is 4.79 Å². The molecule has 9 heteroatoms. The van der Waals surface area contributed by atoms with E-state index in [2.05, 4.69) is 20.5 Å². The van der Waals surface area contributed by atoms with E-state index in [0.717, 1.165) is 16.4 Å². The Hall–Kier alpha value is -2.03. The number of nitrogens with zero attached hydrogens (tertiary/aromatic N) is 3. The van der Waals surface area contributed by atoms with Crippen molar-refractivity contribution in [3.8, 4) is 10.6 Å². The number of hydrogen-bond donors (Lipinski definition) is 2. The SMILES string of the molecule is Cc1nc(-c2ccccc2Cl)sc1C(=O)NCCn1c(C)n[nH]c1=S. The van der Waals surface area contributed by atoms with Gasteiger partial charge < -0.3 is 9.88 Å². The Morgan fingerprint density at radius 1 is 1.40 bits per heavy atom. The maximum atomic E-state index is 12.5. The van der Waals surface area contributed by atoms with Gasteiger partial charge in [0.25, 0.3) is 5.91 Å². The van der Waals surface area contributed by atoms with Crippen molar-refractivity contribution in [3.05, 3.63) is 50.5 Å². The number of thiazole rings is 1. The standard InChI is InChI=1S/C16H16ClN5OS2/c1-9-13(25-15(19-9)11-5-3-4-6-12(11)17)14(23)18-7-8-22-10(2)20-21-16(22)24/h3-6H,7-8H2,1-2H3,(H,18,23)(H,21,24). The fourth-order valence-electron chi connectivity index (χ4n) is 2.38. The first-order valence-electron chi connectivity index (χ1n) is 7.59. The monoisotopic (exact) mass is 393 g/mol. The first-order valence-corrected chi connectivity index (χ1v) is 9.20. The van der Waals surface area contributed by atoms with E-state index in [4.69, 9.17) is 23.8 Å². The molecule has 6 nitrogen and oxygen atoms in total. The molecule has 0 aliphatic heterocycles. The van der Waals surface area contributed by atoms with Gasteiger partial charge in [0, 0.05) is 18.7 Å². The van der Waals surface area contributed by atoms with E-state index in [-0.39, 0.29) is 5.91 Å². The van der Waals surface area contributed by atoms with Gasteiger partial charge in [0.2, 0.25) is 0 Å². The molecule has 2 aromatic heterocycles. The summed E-state index contributed by atoms with van der Waals surface area (Å²) < 4.78 is 2.38. The lowest BCUT2D eigenvalue weighted by Gasteiger charge is -2.06. The molecule has 130 valence electrons. The zero-order chi connectivity index (χ0) is 18.0. The molecule has 25 heavy (non-hydrogen) atoms. The van der Waals surface area contributed by atoms with E-state index in [1.807, 2.05) is 42.7 Å². The molecule has 3 aromatic rings. The van der Waals surface area contributed by atoms with Gasteiger partial charge in [0.05, 0.1) is 10.7 Å². The summed E-state index contributed by atoms with van der Waals surface area (Å²) in [5.74, 6) is 0.634. The maximum Gasteiger partial charge on any atom is 0.263 e. The van der Waals surface area contributed by atoms with Crippen molar-refractivity contribution in [1.82, 2.24) is 25.1 Å². The smallest absolute Gasteiger partial charge is 0.263 e. The lowest BCUT2D eigenvalue weighted by atomic mass is 10.2. The van der Waals surface area contributed by atoms with Gasteiger partial charge in [-0.25, -0.2) is 4.98 Å². The molecule has 1 aromatic carbocycles. The molecule has 0 radical (unpaired) electrons. The Balaban J connectivity index is 1.71. The van der Waals surface area contributed by atoms with Crippen LogP contribution in [0.3, 0.4) is 0 Å². The molecule has 0 saturated carbocycles. The first-order chi connectivity index (χ1) is 12.0. The zero-order valence-corrected chi connectivity index (χ0v) is 16.1. The lowest BCUT2D eigenvalue weighted by molar-refractivity contribution is 0.0955. The van der Waals surface area contributed by atoms with Crippen LogP contribution in [0.4, 0.5) is 0 Å². The summed E-state index contributed by atoms with van der Waals surface area (Å²) >= 11 is 12.7. The predicted molar refractivity (Wildman–Crippen MR) is 102 cm³/mol. The molecule has 0 fully saturated rings. The number of nitrogens with one attached hydrogen (secondary N) is 2. The number of carbonyl (C=O) groups excluding carboxylic acids is 1. The predicted octanol–water partition coefficient (Wildman–Crippen LogP) is 3.76. The van der Waals surface area contributed by atoms with Crippen molar-refractivity contribution in [2.24, 2.45) is 0 Å². The second-order valence-electron chi connectivity index (χ2n) is 5.40. The highest BCUT2D eigenvalue weighted by Crippen LogP contribution is 2.32. The van der Waals surface area contributed by atoms with Crippen molar-refractivity contribution in [2.45, 2.75) is 20.4 Å². The number of H-pyrrole nitrogens is 1. The summed E-state index contributed by atoms with van der Waals surface area (Å²) in [6, 6.07) is 7.47. The van der Waals surface area contributed by atoms with Crippen LogP contribution in [0.1, 0.15) is 21.2 Å². The highest BCUT2D eigenvalue weighted by molar-refractivity contribution is 7.71. The topological polar surface area (TPSA) is 75.6 Å². The van der Waals surface area contributed by atoms with Crippen LogP contribution in [0.2, 0.25) is 5.02 Å². The van der Waals surface area contributed by atoms with E-state index in [9.17, 15) is 4.79 Å². The number of carbonyl (C=O) groups is 1. The molecule has 0 bridgehead atoms. The Bertz CT molecular complexity index is 975. The van der Waals surface area contributed by atoms with Crippen LogP contribution in [-0.2, 0) is 6.54 Å². The number of aryl methyl sites for hydroxylation is 2. The van der Waals surface area contributed by atoms with Crippen LogP contribution in [0.5, 0.6) is 0 Å². The number of aromatic amines is 1. The number of hydrogen-bond acceptors (Lipinski definition) is 5. The molecule has 0 aliphatic rings. The van der Waals surface area contributed by atoms with Crippen LogP contribution in [0.15, 0.2) is 24.3 Å². The summed E-state index contributed by atoms with van der Waals surface area (Å²) in [5, 5.41) is 11.0. The quantitative estimate of drug-likeness (QED) is 0.647. The van der Waals surface area contributed by atoms with E-state index in [0.29, 0.717) is 33.5 Å². The minimum absolute atomic E-state index is 0.152. The van der Waals surface area contributed by atoms with E-state index in [1.54, 1.807) is 0 Å². The van der Waals surface area contributed by atoms with Gasteiger partial charge in [-0.15, -0.1) is 11.3 Å². The average molecular weight is 394 g/mol. The van der Waals surface area contributed by atoms with Gasteiger partial charge in [-0.3, -0.25) is 9.89 Å². The third-order valence-electron chi connectivity index (χ3n) is 3.68. The third kappa shape index (κ3) is 3.81. The van der Waals surface area contributed by atoms with Crippen molar-refractivity contribution in [3.63, 3.8) is 0 Å². The van der Waals surface area contributed by atoms with Gasteiger partial charge in [-0.1, -0.05) is 29.8 Å². The summed E-state index contributed by atoms with van der Waals surface area (Å²) in [5.41, 5.74) is 1.52. The second-order valence-corrected chi connectivity index (χ2v) is 7.19. The van der Waals surface area contributed by atoms with Gasteiger partial charge in [-0.05, 0) is 32.1 Å². The van der Waals surface area contributed by atoms with Gasteiger partial charge in [-0.2, -0.15) is 5.10 Å². The van der Waals surface area contributed by atoms with Crippen molar-refractivity contribution in [2.75, 3.05) is 6.54 Å². The molecule has 0 aliphatic carbocycles. The largest absolute Gasteiger partial charge is 0.349 e. The zero-order valence-electron chi connectivity index (χ0n) is 13.7. The number of amides is 1. The Labute approximate surface area is 158 Å². The maximum absolute atomic E-state index is 12.5. The minimum Gasteiger partial charge on any atom is -0.349 e. The molecule has 0 spiro atoms. The lowest BCUT2D eigenvalue weighted by Crippen LogP contribution is -2.27. The van der Waals surface area contributed by atoms with Gasteiger partial charge >= 0.3 is 0 Å². The molecule has 0 atom stereocenters. The fourth-order valence-corrected chi connectivity index (χ4v) is 3.95. The normalized spacial score (nSPS) is 10.8. The van der Waals surface area contributed by atoms with Crippen molar-refractivity contribution >= 4 is 41.1 Å². The van der Waals surface area contributed by atoms with E-state index in [1.165, 1.54) is 11.3 Å². The molecule has 2 N–H and O–H groups in total. The number of rotatable bonds is 5. The van der Waals surface area contributed by atoms with E-state index < -0.39 is 0 Å². The summed E-state index contributed by atoms with van der Waals surface area (Å²) in [6.07, 6.45) is 0. The Morgan fingerprint density at radius 3 is 2.84 bits per heavy atom. The van der Waals surface area contributed by atoms with Crippen LogP contribution >= 0.6 is 35.2 Å². The second kappa shape index (κ2) is 7.47. The number of halogens is 1. The van der Waals surface area contributed by atoms with Gasteiger partial charge in [0.1, 0.15) is 15.7 Å². The van der Waals surface area contributed by atoms with Crippen LogP contribution in [-0.4, -0.2) is 32.2 Å². The van der Waals surface area contributed by atoms with Crippen LogP contribution in [0.25, 0.3) is 10.6 Å². The van der Waals surface area contributed by atoms with Crippen LogP contribution in [0, 0.1) is 18.6 Å². The molecule has 0 unspecified atom stereocenters. The molecule has 3 rings (SSSR count). The summed E-state index contributed by atoms with van der Waals surface area (Å²) in [7, 11) is 0. The average Bonchev–Trinajstić information content (AvgIpc) is 3.12. The molecular weight excluding hydrogens is 378 g/mol. The Morgan fingerprint density at radius 2 is 2.16 bits per heavy atom. The van der Waals surface area contributed by atoms with E-state index >= 15 is 0 Å². The summed E-state index contributed by atoms with van der Waals surface area (Å²) in [4.78, 5) is 17.5. The Kier molecular flexibility index (Phi) is 5.31.